The van der Waals surface area contributed by atoms with E-state index in [0.717, 1.165) is 37.9 Å². The van der Waals surface area contributed by atoms with Crippen molar-refractivity contribution in [3.8, 4) is 11.5 Å². The molecule has 0 bridgehead atoms. The van der Waals surface area contributed by atoms with Crippen LogP contribution in [-0.4, -0.2) is 47.8 Å². The van der Waals surface area contributed by atoms with E-state index in [0.29, 0.717) is 17.7 Å². The average Bonchev–Trinajstić information content (AvgIpc) is 3.05. The van der Waals surface area contributed by atoms with Crippen molar-refractivity contribution in [1.29, 1.82) is 0 Å². The average molecular weight is 315 g/mol. The van der Waals surface area contributed by atoms with E-state index in [1.807, 2.05) is 35.2 Å². The van der Waals surface area contributed by atoms with Crippen molar-refractivity contribution in [3.63, 3.8) is 0 Å². The van der Waals surface area contributed by atoms with Crippen LogP contribution in [0.15, 0.2) is 34.7 Å². The van der Waals surface area contributed by atoms with Crippen LogP contribution in [0.25, 0.3) is 11.5 Å². The lowest BCUT2D eigenvalue weighted by Gasteiger charge is -2.31. The summed E-state index contributed by atoms with van der Waals surface area (Å²) in [5.41, 5.74) is 0.936. The molecule has 1 fully saturated rings. The zero-order valence-electron chi connectivity index (χ0n) is 13.3. The van der Waals surface area contributed by atoms with E-state index in [4.69, 9.17) is 9.15 Å². The summed E-state index contributed by atoms with van der Waals surface area (Å²) in [6.45, 7) is 1.70. The summed E-state index contributed by atoms with van der Waals surface area (Å²) in [7, 11) is 1.55. The number of carbonyl (C=O) groups excluding carboxylic acids is 1. The number of methoxy groups -OCH3 is 1. The van der Waals surface area contributed by atoms with Crippen LogP contribution < -0.4 is 0 Å². The van der Waals surface area contributed by atoms with Crippen molar-refractivity contribution in [2.24, 2.45) is 5.92 Å². The molecule has 6 heteroatoms. The summed E-state index contributed by atoms with van der Waals surface area (Å²) in [6.07, 6.45) is 2.68. The molecule has 0 radical (unpaired) electrons. The van der Waals surface area contributed by atoms with Gasteiger partial charge in [-0.15, -0.1) is 10.2 Å². The zero-order valence-corrected chi connectivity index (χ0v) is 13.3. The van der Waals surface area contributed by atoms with Crippen LogP contribution in [0.1, 0.15) is 18.7 Å². The summed E-state index contributed by atoms with van der Waals surface area (Å²) in [5.74, 6) is 1.78. The first-order chi connectivity index (χ1) is 11.3. The van der Waals surface area contributed by atoms with E-state index in [2.05, 4.69) is 10.2 Å². The van der Waals surface area contributed by atoms with Gasteiger partial charge in [-0.3, -0.25) is 4.79 Å². The van der Waals surface area contributed by atoms with Gasteiger partial charge < -0.3 is 14.1 Å². The summed E-state index contributed by atoms with van der Waals surface area (Å²) in [6, 6.07) is 9.77. The third-order valence-electron chi connectivity index (χ3n) is 4.19. The second kappa shape index (κ2) is 7.37. The fourth-order valence-electron chi connectivity index (χ4n) is 2.88. The van der Waals surface area contributed by atoms with Gasteiger partial charge in [0.2, 0.25) is 17.7 Å². The lowest BCUT2D eigenvalue weighted by Crippen LogP contribution is -2.40. The molecule has 3 rings (SSSR count). The van der Waals surface area contributed by atoms with Crippen LogP contribution in [0.2, 0.25) is 0 Å². The summed E-state index contributed by atoms with van der Waals surface area (Å²) in [5, 5.41) is 8.27. The van der Waals surface area contributed by atoms with Crippen molar-refractivity contribution in [2.45, 2.75) is 19.3 Å². The number of aromatic nitrogens is 2. The van der Waals surface area contributed by atoms with Crippen LogP contribution in [0.5, 0.6) is 0 Å². The number of ether oxygens (including phenoxy) is 1. The highest BCUT2D eigenvalue weighted by Gasteiger charge is 2.24. The Labute approximate surface area is 135 Å². The van der Waals surface area contributed by atoms with E-state index in [-0.39, 0.29) is 12.5 Å². The quantitative estimate of drug-likeness (QED) is 0.846. The molecule has 0 unspecified atom stereocenters. The standard InChI is InChI=1S/C17H21N3O3/c1-22-12-16(21)20-9-7-13(8-10-20)11-15-18-19-17(23-15)14-5-3-2-4-6-14/h2-6,13H,7-12H2,1H3. The Hall–Kier alpha value is -2.21. The van der Waals surface area contributed by atoms with Crippen molar-refractivity contribution in [3.05, 3.63) is 36.2 Å². The highest BCUT2D eigenvalue weighted by atomic mass is 16.5. The van der Waals surface area contributed by atoms with Gasteiger partial charge in [0, 0.05) is 32.2 Å². The number of carbonyl (C=O) groups is 1. The van der Waals surface area contributed by atoms with E-state index in [1.54, 1.807) is 7.11 Å². The fourth-order valence-corrected chi connectivity index (χ4v) is 2.88. The first-order valence-corrected chi connectivity index (χ1v) is 7.91. The molecule has 23 heavy (non-hydrogen) atoms. The molecule has 2 heterocycles. The highest BCUT2D eigenvalue weighted by Crippen LogP contribution is 2.23. The van der Waals surface area contributed by atoms with Gasteiger partial charge in [-0.1, -0.05) is 18.2 Å². The van der Waals surface area contributed by atoms with Gasteiger partial charge in [0.25, 0.3) is 0 Å². The summed E-state index contributed by atoms with van der Waals surface area (Å²) >= 11 is 0. The molecule has 6 nitrogen and oxygen atoms in total. The number of rotatable bonds is 5. The Morgan fingerprint density at radius 1 is 1.26 bits per heavy atom. The summed E-state index contributed by atoms with van der Waals surface area (Å²) < 4.78 is 10.7. The van der Waals surface area contributed by atoms with Crippen molar-refractivity contribution in [1.82, 2.24) is 15.1 Å². The van der Waals surface area contributed by atoms with Crippen LogP contribution in [0.4, 0.5) is 0 Å². The smallest absolute Gasteiger partial charge is 0.248 e. The molecule has 0 saturated carbocycles. The van der Waals surface area contributed by atoms with Gasteiger partial charge in [-0.05, 0) is 30.9 Å². The lowest BCUT2D eigenvalue weighted by molar-refractivity contribution is -0.136. The third kappa shape index (κ3) is 3.96. The van der Waals surface area contributed by atoms with Crippen LogP contribution in [-0.2, 0) is 16.0 Å². The van der Waals surface area contributed by atoms with E-state index < -0.39 is 0 Å². The van der Waals surface area contributed by atoms with Crippen LogP contribution in [0.3, 0.4) is 0 Å². The largest absolute Gasteiger partial charge is 0.421 e. The van der Waals surface area contributed by atoms with Gasteiger partial charge in [-0.2, -0.15) is 0 Å². The Morgan fingerprint density at radius 2 is 2.00 bits per heavy atom. The Balaban J connectivity index is 1.53. The van der Waals surface area contributed by atoms with Gasteiger partial charge in [0.05, 0.1) is 0 Å². The van der Waals surface area contributed by atoms with E-state index >= 15 is 0 Å². The first kappa shape index (κ1) is 15.7. The first-order valence-electron chi connectivity index (χ1n) is 7.91. The maximum absolute atomic E-state index is 11.8. The van der Waals surface area contributed by atoms with Crippen molar-refractivity contribution in [2.75, 3.05) is 26.8 Å². The van der Waals surface area contributed by atoms with Gasteiger partial charge in [0.15, 0.2) is 0 Å². The van der Waals surface area contributed by atoms with Crippen molar-refractivity contribution >= 4 is 5.91 Å². The Morgan fingerprint density at radius 3 is 2.70 bits per heavy atom. The highest BCUT2D eigenvalue weighted by molar-refractivity contribution is 5.77. The molecule has 1 aliphatic rings. The Kier molecular flexibility index (Phi) is 5.02. The van der Waals surface area contributed by atoms with E-state index in [9.17, 15) is 4.79 Å². The lowest BCUT2D eigenvalue weighted by atomic mass is 9.93. The third-order valence-corrected chi connectivity index (χ3v) is 4.19. The molecule has 122 valence electrons. The topological polar surface area (TPSA) is 68.5 Å². The molecule has 2 aromatic rings. The summed E-state index contributed by atoms with van der Waals surface area (Å²) in [4.78, 5) is 13.6. The molecule has 0 spiro atoms. The normalized spacial score (nSPS) is 15.8. The molecule has 0 atom stereocenters. The van der Waals surface area contributed by atoms with Crippen LogP contribution >= 0.6 is 0 Å². The van der Waals surface area contributed by atoms with Crippen molar-refractivity contribution < 1.29 is 13.9 Å². The predicted molar refractivity (Wildman–Crippen MR) is 84.6 cm³/mol. The maximum Gasteiger partial charge on any atom is 0.248 e. The molecular formula is C17H21N3O3. The second-order valence-corrected chi connectivity index (χ2v) is 5.83. The number of amides is 1. The molecule has 1 aliphatic heterocycles. The molecule has 1 amide bonds. The molecule has 1 aromatic carbocycles. The second-order valence-electron chi connectivity index (χ2n) is 5.83. The van der Waals surface area contributed by atoms with Gasteiger partial charge in [0.1, 0.15) is 6.61 Å². The minimum atomic E-state index is 0.0649. The number of piperidine rings is 1. The SMILES string of the molecule is COCC(=O)N1CCC(Cc2nnc(-c3ccccc3)o2)CC1. The Bertz CT molecular complexity index is 634. The maximum atomic E-state index is 11.8. The van der Waals surface area contributed by atoms with Gasteiger partial charge >= 0.3 is 0 Å². The van der Waals surface area contributed by atoms with Gasteiger partial charge in [-0.25, -0.2) is 0 Å². The number of hydrogen-bond donors (Lipinski definition) is 0. The minimum Gasteiger partial charge on any atom is -0.421 e. The molecule has 0 N–H and O–H groups in total. The molecule has 1 aromatic heterocycles. The molecular weight excluding hydrogens is 294 g/mol. The fraction of sp³-hybridized carbons (Fsp3) is 0.471. The number of hydrogen-bond acceptors (Lipinski definition) is 5. The minimum absolute atomic E-state index is 0.0649. The molecule has 0 aliphatic carbocycles. The number of likely N-dealkylation sites (tertiary alicyclic amines) is 1. The van der Waals surface area contributed by atoms with Crippen LogP contribution in [0, 0.1) is 5.92 Å². The monoisotopic (exact) mass is 315 g/mol. The number of benzene rings is 1. The molecule has 1 saturated heterocycles. The zero-order chi connectivity index (χ0) is 16.1. The number of nitrogens with zero attached hydrogens (tertiary/aromatic N) is 3. The van der Waals surface area contributed by atoms with E-state index in [1.165, 1.54) is 0 Å². The predicted octanol–water partition coefficient (Wildman–Crippen LogP) is 2.16.